The van der Waals surface area contributed by atoms with Crippen molar-refractivity contribution in [2.45, 2.75) is 44.9 Å². The number of hydrogen-bond acceptors (Lipinski definition) is 4. The fourth-order valence-corrected chi connectivity index (χ4v) is 5.42. The standard InChI is InChI=1S/C28H34N2O5/c1-2-18(14-26(31)29-16-19-8-7-13-20(19)27(32)33)15-30-28(34)35-17-25-23-11-5-3-9-21(23)22-10-4-6-12-24(22)25/h3-6,9-12,18-20,25H,2,7-8,13-17H2,1H3,(H,29,31)(H,30,34)(H,32,33)/t18?,19-,20-/m1/s1. The third-order valence-corrected chi connectivity index (χ3v) is 7.47. The Morgan fingerprint density at radius 1 is 1.00 bits per heavy atom. The van der Waals surface area contributed by atoms with Crippen LogP contribution in [0.25, 0.3) is 11.1 Å². The molecule has 1 saturated carbocycles. The van der Waals surface area contributed by atoms with Crippen LogP contribution >= 0.6 is 0 Å². The summed E-state index contributed by atoms with van der Waals surface area (Å²) in [7, 11) is 0. The summed E-state index contributed by atoms with van der Waals surface area (Å²) >= 11 is 0. The lowest BCUT2D eigenvalue weighted by atomic mass is 9.96. The highest BCUT2D eigenvalue weighted by Crippen LogP contribution is 2.44. The van der Waals surface area contributed by atoms with Crippen molar-refractivity contribution < 1.29 is 24.2 Å². The largest absolute Gasteiger partial charge is 0.481 e. The van der Waals surface area contributed by atoms with Gasteiger partial charge >= 0.3 is 12.1 Å². The van der Waals surface area contributed by atoms with Gasteiger partial charge in [-0.2, -0.15) is 0 Å². The molecule has 1 fully saturated rings. The smallest absolute Gasteiger partial charge is 0.407 e. The molecule has 186 valence electrons. The van der Waals surface area contributed by atoms with Gasteiger partial charge in [0.15, 0.2) is 0 Å². The minimum Gasteiger partial charge on any atom is -0.481 e. The van der Waals surface area contributed by atoms with Crippen molar-refractivity contribution in [3.8, 4) is 11.1 Å². The molecule has 0 spiro atoms. The highest BCUT2D eigenvalue weighted by Gasteiger charge is 2.33. The average Bonchev–Trinajstić information content (AvgIpc) is 3.47. The second-order valence-corrected chi connectivity index (χ2v) is 9.62. The Morgan fingerprint density at radius 2 is 1.66 bits per heavy atom. The molecule has 4 rings (SSSR count). The van der Waals surface area contributed by atoms with E-state index in [-0.39, 0.29) is 42.6 Å². The number of hydrogen-bond donors (Lipinski definition) is 3. The van der Waals surface area contributed by atoms with Crippen LogP contribution in [0.1, 0.15) is 56.1 Å². The van der Waals surface area contributed by atoms with E-state index in [1.54, 1.807) is 0 Å². The van der Waals surface area contributed by atoms with Crippen molar-refractivity contribution >= 4 is 18.0 Å². The maximum atomic E-state index is 12.4. The van der Waals surface area contributed by atoms with E-state index in [1.807, 2.05) is 31.2 Å². The van der Waals surface area contributed by atoms with Gasteiger partial charge in [0.2, 0.25) is 5.91 Å². The average molecular weight is 479 g/mol. The number of amides is 2. The molecular weight excluding hydrogens is 444 g/mol. The molecule has 0 saturated heterocycles. The number of fused-ring (bicyclic) bond motifs is 3. The number of benzene rings is 2. The Labute approximate surface area is 206 Å². The lowest BCUT2D eigenvalue weighted by Gasteiger charge is -2.19. The monoisotopic (exact) mass is 478 g/mol. The van der Waals surface area contributed by atoms with Gasteiger partial charge in [-0.3, -0.25) is 9.59 Å². The SMILES string of the molecule is CCC(CNC(=O)OCC1c2ccccc2-c2ccccc21)CC(=O)NC[C@H]1CCC[C@H]1C(=O)O. The van der Waals surface area contributed by atoms with Crippen molar-refractivity contribution in [3.63, 3.8) is 0 Å². The molecule has 7 nitrogen and oxygen atoms in total. The van der Waals surface area contributed by atoms with E-state index >= 15 is 0 Å². The number of alkyl carbamates (subject to hydrolysis) is 1. The van der Waals surface area contributed by atoms with Gasteiger partial charge in [-0.05, 0) is 46.9 Å². The van der Waals surface area contributed by atoms with E-state index < -0.39 is 12.1 Å². The Kier molecular flexibility index (Phi) is 8.06. The van der Waals surface area contributed by atoms with E-state index in [2.05, 4.69) is 34.9 Å². The van der Waals surface area contributed by atoms with E-state index in [0.717, 1.165) is 30.4 Å². The highest BCUT2D eigenvalue weighted by molar-refractivity contribution is 5.79. The van der Waals surface area contributed by atoms with Crippen molar-refractivity contribution in [3.05, 3.63) is 59.7 Å². The molecule has 0 heterocycles. The zero-order chi connectivity index (χ0) is 24.8. The van der Waals surface area contributed by atoms with Crippen molar-refractivity contribution in [2.75, 3.05) is 19.7 Å². The Balaban J connectivity index is 1.22. The quantitative estimate of drug-likeness (QED) is 0.464. The molecule has 7 heteroatoms. The Morgan fingerprint density at radius 3 is 2.29 bits per heavy atom. The minimum atomic E-state index is -0.777. The molecule has 3 atom stereocenters. The topological polar surface area (TPSA) is 105 Å². The second kappa shape index (κ2) is 11.4. The molecule has 2 aliphatic rings. The predicted octanol–water partition coefficient (Wildman–Crippen LogP) is 4.56. The zero-order valence-electron chi connectivity index (χ0n) is 20.2. The van der Waals surface area contributed by atoms with Crippen LogP contribution in [0.3, 0.4) is 0 Å². The van der Waals surface area contributed by atoms with Crippen LogP contribution in [0.15, 0.2) is 48.5 Å². The van der Waals surface area contributed by atoms with E-state index in [4.69, 9.17) is 4.74 Å². The number of carbonyl (C=O) groups excluding carboxylic acids is 2. The molecule has 3 N–H and O–H groups in total. The highest BCUT2D eigenvalue weighted by atomic mass is 16.5. The fourth-order valence-electron chi connectivity index (χ4n) is 5.42. The number of carbonyl (C=O) groups is 3. The predicted molar refractivity (Wildman–Crippen MR) is 133 cm³/mol. The van der Waals surface area contributed by atoms with Gasteiger partial charge in [0.1, 0.15) is 6.61 Å². The van der Waals surface area contributed by atoms with Gasteiger partial charge in [-0.25, -0.2) is 4.79 Å². The van der Waals surface area contributed by atoms with Crippen LogP contribution in [0, 0.1) is 17.8 Å². The summed E-state index contributed by atoms with van der Waals surface area (Å²) in [5.74, 6) is -1.27. The normalized spacial score (nSPS) is 19.5. The summed E-state index contributed by atoms with van der Waals surface area (Å²) in [5.41, 5.74) is 4.69. The summed E-state index contributed by atoms with van der Waals surface area (Å²) < 4.78 is 5.58. The lowest BCUT2D eigenvalue weighted by molar-refractivity contribution is -0.143. The number of nitrogens with one attached hydrogen (secondary N) is 2. The third kappa shape index (κ3) is 5.84. The number of aliphatic carboxylic acids is 1. The summed E-state index contributed by atoms with van der Waals surface area (Å²) in [5, 5.41) is 15.0. The molecule has 2 aliphatic carbocycles. The lowest BCUT2D eigenvalue weighted by Crippen LogP contribution is -2.36. The van der Waals surface area contributed by atoms with Crippen LogP contribution in [-0.4, -0.2) is 42.8 Å². The first-order chi connectivity index (χ1) is 17.0. The first kappa shape index (κ1) is 24.8. The van der Waals surface area contributed by atoms with E-state index in [0.29, 0.717) is 19.5 Å². The molecular formula is C28H34N2O5. The van der Waals surface area contributed by atoms with Crippen molar-refractivity contribution in [1.29, 1.82) is 0 Å². The maximum Gasteiger partial charge on any atom is 0.407 e. The summed E-state index contributed by atoms with van der Waals surface area (Å²) in [4.78, 5) is 36.2. The minimum absolute atomic E-state index is 0.00419. The second-order valence-electron chi connectivity index (χ2n) is 9.62. The number of ether oxygens (including phenoxy) is 1. The van der Waals surface area contributed by atoms with Crippen LogP contribution in [0.2, 0.25) is 0 Å². The molecule has 2 aromatic rings. The fraction of sp³-hybridized carbons (Fsp3) is 0.464. The van der Waals surface area contributed by atoms with Gasteiger partial charge in [-0.15, -0.1) is 0 Å². The molecule has 2 amide bonds. The van der Waals surface area contributed by atoms with Crippen LogP contribution in [-0.2, 0) is 14.3 Å². The van der Waals surface area contributed by atoms with Gasteiger partial charge in [-0.1, -0.05) is 68.3 Å². The number of rotatable bonds is 10. The van der Waals surface area contributed by atoms with Gasteiger partial charge in [0.25, 0.3) is 0 Å². The number of carboxylic acid groups (broad SMARTS) is 1. The third-order valence-electron chi connectivity index (χ3n) is 7.47. The van der Waals surface area contributed by atoms with E-state index in [1.165, 1.54) is 11.1 Å². The number of carboxylic acids is 1. The van der Waals surface area contributed by atoms with Crippen LogP contribution in [0.5, 0.6) is 0 Å². The van der Waals surface area contributed by atoms with Gasteiger partial charge < -0.3 is 20.5 Å². The first-order valence-electron chi connectivity index (χ1n) is 12.6. The van der Waals surface area contributed by atoms with Crippen molar-refractivity contribution in [1.82, 2.24) is 10.6 Å². The Hall–Kier alpha value is -3.35. The Bertz CT molecular complexity index is 1020. The molecule has 0 bridgehead atoms. The van der Waals surface area contributed by atoms with Crippen LogP contribution in [0.4, 0.5) is 4.79 Å². The first-order valence-corrected chi connectivity index (χ1v) is 12.6. The van der Waals surface area contributed by atoms with E-state index in [9.17, 15) is 19.5 Å². The zero-order valence-corrected chi connectivity index (χ0v) is 20.2. The van der Waals surface area contributed by atoms with Gasteiger partial charge in [0.05, 0.1) is 5.92 Å². The summed E-state index contributed by atoms with van der Waals surface area (Å²) in [6.07, 6.45) is 2.93. The van der Waals surface area contributed by atoms with Crippen LogP contribution < -0.4 is 10.6 Å². The molecule has 0 radical (unpaired) electrons. The molecule has 0 aliphatic heterocycles. The maximum absolute atomic E-state index is 12.4. The summed E-state index contributed by atoms with van der Waals surface area (Å²) in [6.45, 7) is 2.98. The van der Waals surface area contributed by atoms with Crippen molar-refractivity contribution in [2.24, 2.45) is 17.8 Å². The van der Waals surface area contributed by atoms with Gasteiger partial charge in [0, 0.05) is 25.4 Å². The molecule has 35 heavy (non-hydrogen) atoms. The molecule has 0 aromatic heterocycles. The molecule has 1 unspecified atom stereocenters. The molecule has 2 aromatic carbocycles. The summed E-state index contributed by atoms with van der Waals surface area (Å²) in [6, 6.07) is 16.4.